The number of amides is 3. The van der Waals surface area contributed by atoms with Crippen molar-refractivity contribution >= 4 is 41.0 Å². The molecule has 1 heterocycles. The summed E-state index contributed by atoms with van der Waals surface area (Å²) in [6.45, 7) is 0.262. The third-order valence-electron chi connectivity index (χ3n) is 4.44. The van der Waals surface area contributed by atoms with E-state index in [0.29, 0.717) is 16.4 Å². The summed E-state index contributed by atoms with van der Waals surface area (Å²) in [5.41, 5.74) is 1.62. The number of thioether (sulfide) groups is 1. The normalized spacial score (nSPS) is 15.0. The minimum absolute atomic E-state index is 0.101. The molecule has 1 aliphatic rings. The molecule has 0 atom stereocenters. The first-order chi connectivity index (χ1) is 15.0. The maximum Gasteiger partial charge on any atom is 0.293 e. The van der Waals surface area contributed by atoms with Gasteiger partial charge in [0.2, 0.25) is 5.91 Å². The zero-order valence-electron chi connectivity index (χ0n) is 17.2. The fourth-order valence-electron chi connectivity index (χ4n) is 2.81. The third-order valence-corrected chi connectivity index (χ3v) is 5.35. The van der Waals surface area contributed by atoms with Gasteiger partial charge < -0.3 is 14.8 Å². The highest BCUT2D eigenvalue weighted by Crippen LogP contribution is 2.32. The standard InChI is InChI=1S/C23H22N2O5S/c1-29-18-9-6-17(7-10-18)15-20-22(27)25(23(28)31-20)13-12-24-21(26)11-8-16-4-3-5-19(14-16)30-2/h3-11,14-15H,12-13H2,1-2H3,(H,24,26). The van der Waals surface area contributed by atoms with E-state index in [-0.39, 0.29) is 30.1 Å². The van der Waals surface area contributed by atoms with Crippen LogP contribution in [0.25, 0.3) is 12.2 Å². The van der Waals surface area contributed by atoms with Crippen LogP contribution in [0.2, 0.25) is 0 Å². The van der Waals surface area contributed by atoms with Gasteiger partial charge in [0.1, 0.15) is 11.5 Å². The Morgan fingerprint density at radius 1 is 1.03 bits per heavy atom. The lowest BCUT2D eigenvalue weighted by Crippen LogP contribution is -2.36. The van der Waals surface area contributed by atoms with Crippen LogP contribution in [-0.4, -0.2) is 49.3 Å². The summed E-state index contributed by atoms with van der Waals surface area (Å²) >= 11 is 0.885. The molecule has 1 fully saturated rings. The first kappa shape index (κ1) is 22.2. The number of carbonyl (C=O) groups excluding carboxylic acids is 3. The average Bonchev–Trinajstić information content (AvgIpc) is 3.05. The zero-order chi connectivity index (χ0) is 22.2. The first-order valence-electron chi connectivity index (χ1n) is 9.49. The fraction of sp³-hybridized carbons (Fsp3) is 0.174. The minimum atomic E-state index is -0.369. The van der Waals surface area contributed by atoms with Gasteiger partial charge in [0.25, 0.3) is 11.1 Å². The number of benzene rings is 2. The molecule has 0 unspecified atom stereocenters. The Balaban J connectivity index is 1.52. The number of rotatable bonds is 8. The predicted octanol–water partition coefficient (Wildman–Crippen LogP) is 3.57. The van der Waals surface area contributed by atoms with Crippen LogP contribution in [0.3, 0.4) is 0 Å². The highest BCUT2D eigenvalue weighted by molar-refractivity contribution is 8.18. The molecule has 2 aromatic rings. The van der Waals surface area contributed by atoms with Crippen molar-refractivity contribution in [3.63, 3.8) is 0 Å². The number of hydrogen-bond acceptors (Lipinski definition) is 6. The Bertz CT molecular complexity index is 1030. The van der Waals surface area contributed by atoms with Crippen molar-refractivity contribution in [2.45, 2.75) is 0 Å². The summed E-state index contributed by atoms with van der Waals surface area (Å²) in [6, 6.07) is 14.5. The van der Waals surface area contributed by atoms with Crippen molar-refractivity contribution in [3.8, 4) is 11.5 Å². The maximum atomic E-state index is 12.5. The van der Waals surface area contributed by atoms with Gasteiger partial charge in [-0.05, 0) is 59.3 Å². The van der Waals surface area contributed by atoms with Gasteiger partial charge >= 0.3 is 0 Å². The smallest absolute Gasteiger partial charge is 0.293 e. The largest absolute Gasteiger partial charge is 0.497 e. The Hall–Kier alpha value is -3.52. The molecule has 3 rings (SSSR count). The van der Waals surface area contributed by atoms with E-state index in [1.54, 1.807) is 44.6 Å². The van der Waals surface area contributed by atoms with Gasteiger partial charge in [-0.25, -0.2) is 0 Å². The van der Waals surface area contributed by atoms with Crippen LogP contribution in [0.5, 0.6) is 11.5 Å². The van der Waals surface area contributed by atoms with Crippen LogP contribution in [0, 0.1) is 0 Å². The van der Waals surface area contributed by atoms with Crippen molar-refractivity contribution in [1.82, 2.24) is 10.2 Å². The van der Waals surface area contributed by atoms with E-state index in [1.807, 2.05) is 30.3 Å². The van der Waals surface area contributed by atoms with E-state index in [9.17, 15) is 14.4 Å². The molecular formula is C23H22N2O5S. The van der Waals surface area contributed by atoms with Crippen LogP contribution in [0.4, 0.5) is 4.79 Å². The molecule has 0 saturated carbocycles. The SMILES string of the molecule is COc1ccc(C=C2SC(=O)N(CCNC(=O)C=Cc3cccc(OC)c3)C2=O)cc1. The van der Waals surface area contributed by atoms with Crippen LogP contribution in [0.15, 0.2) is 59.5 Å². The van der Waals surface area contributed by atoms with Gasteiger partial charge in [-0.3, -0.25) is 19.3 Å². The van der Waals surface area contributed by atoms with Gasteiger partial charge in [0, 0.05) is 19.2 Å². The second kappa shape index (κ2) is 10.5. The van der Waals surface area contributed by atoms with Crippen LogP contribution in [0.1, 0.15) is 11.1 Å². The van der Waals surface area contributed by atoms with Crippen molar-refractivity contribution in [3.05, 3.63) is 70.6 Å². The molecule has 0 aliphatic carbocycles. The molecule has 1 saturated heterocycles. The molecule has 7 nitrogen and oxygen atoms in total. The average molecular weight is 439 g/mol. The van der Waals surface area contributed by atoms with E-state index >= 15 is 0 Å². The molecule has 1 N–H and O–H groups in total. The lowest BCUT2D eigenvalue weighted by atomic mass is 10.2. The Labute approximate surface area is 184 Å². The van der Waals surface area contributed by atoms with E-state index in [2.05, 4.69) is 5.32 Å². The van der Waals surface area contributed by atoms with Crippen molar-refractivity contribution in [2.75, 3.05) is 27.3 Å². The van der Waals surface area contributed by atoms with E-state index < -0.39 is 0 Å². The lowest BCUT2D eigenvalue weighted by molar-refractivity contribution is -0.123. The highest BCUT2D eigenvalue weighted by Gasteiger charge is 2.34. The second-order valence-corrected chi connectivity index (χ2v) is 7.50. The monoisotopic (exact) mass is 438 g/mol. The number of carbonyl (C=O) groups is 3. The van der Waals surface area contributed by atoms with Crippen molar-refractivity contribution < 1.29 is 23.9 Å². The summed E-state index contributed by atoms with van der Waals surface area (Å²) in [4.78, 5) is 38.2. The number of ether oxygens (including phenoxy) is 2. The summed E-state index contributed by atoms with van der Waals surface area (Å²) in [6.07, 6.45) is 4.72. The van der Waals surface area contributed by atoms with Crippen molar-refractivity contribution in [2.24, 2.45) is 0 Å². The fourth-order valence-corrected chi connectivity index (χ4v) is 3.68. The molecule has 31 heavy (non-hydrogen) atoms. The Morgan fingerprint density at radius 3 is 2.48 bits per heavy atom. The van der Waals surface area contributed by atoms with Gasteiger partial charge in [0.05, 0.1) is 19.1 Å². The predicted molar refractivity (Wildman–Crippen MR) is 121 cm³/mol. The number of methoxy groups -OCH3 is 2. The molecule has 8 heteroatoms. The summed E-state index contributed by atoms with van der Waals surface area (Å²) in [7, 11) is 3.15. The molecule has 0 spiro atoms. The molecule has 0 bridgehead atoms. The number of hydrogen-bond donors (Lipinski definition) is 1. The van der Waals surface area contributed by atoms with E-state index in [1.165, 1.54) is 6.08 Å². The third kappa shape index (κ3) is 5.99. The topological polar surface area (TPSA) is 84.9 Å². The summed E-state index contributed by atoms with van der Waals surface area (Å²) < 4.78 is 10.3. The number of nitrogens with one attached hydrogen (secondary N) is 1. The second-order valence-electron chi connectivity index (χ2n) is 6.51. The minimum Gasteiger partial charge on any atom is -0.497 e. The molecule has 0 aromatic heterocycles. The highest BCUT2D eigenvalue weighted by atomic mass is 32.2. The van der Waals surface area contributed by atoms with Crippen LogP contribution < -0.4 is 14.8 Å². The zero-order valence-corrected chi connectivity index (χ0v) is 18.0. The molecule has 3 amide bonds. The Morgan fingerprint density at radius 2 is 1.77 bits per heavy atom. The van der Waals surface area contributed by atoms with Crippen LogP contribution in [-0.2, 0) is 9.59 Å². The van der Waals surface area contributed by atoms with Gasteiger partial charge in [-0.2, -0.15) is 0 Å². The molecule has 2 aromatic carbocycles. The van der Waals surface area contributed by atoms with Gasteiger partial charge in [0.15, 0.2) is 0 Å². The molecule has 160 valence electrons. The maximum absolute atomic E-state index is 12.5. The van der Waals surface area contributed by atoms with Crippen LogP contribution >= 0.6 is 11.8 Å². The van der Waals surface area contributed by atoms with E-state index in [0.717, 1.165) is 27.8 Å². The number of nitrogens with zero attached hydrogens (tertiary/aromatic N) is 1. The molecule has 0 radical (unpaired) electrons. The van der Waals surface area contributed by atoms with Gasteiger partial charge in [-0.15, -0.1) is 0 Å². The molecule has 1 aliphatic heterocycles. The van der Waals surface area contributed by atoms with Crippen molar-refractivity contribution in [1.29, 1.82) is 0 Å². The summed E-state index contributed by atoms with van der Waals surface area (Å²) in [5.74, 6) is 0.724. The quantitative estimate of drug-likeness (QED) is 0.635. The first-order valence-corrected chi connectivity index (χ1v) is 10.3. The Kier molecular flexibility index (Phi) is 7.50. The molecular weight excluding hydrogens is 416 g/mol. The summed E-state index contributed by atoms with van der Waals surface area (Å²) in [5, 5.41) is 2.33. The van der Waals surface area contributed by atoms with Gasteiger partial charge in [-0.1, -0.05) is 24.3 Å². The lowest BCUT2D eigenvalue weighted by Gasteiger charge is -2.12. The number of imide groups is 1. The van der Waals surface area contributed by atoms with E-state index in [4.69, 9.17) is 9.47 Å².